The van der Waals surface area contributed by atoms with Gasteiger partial charge in [0.05, 0.1) is 66.3 Å². The van der Waals surface area contributed by atoms with Crippen LogP contribution in [-0.4, -0.2) is 140 Å². The second-order valence-electron chi connectivity index (χ2n) is 35.1. The van der Waals surface area contributed by atoms with Crippen LogP contribution in [-0.2, 0) is 38.4 Å². The Morgan fingerprint density at radius 2 is 0.736 bits per heavy atom. The van der Waals surface area contributed by atoms with Crippen LogP contribution in [0.4, 0.5) is 28.4 Å². The van der Waals surface area contributed by atoms with Crippen molar-refractivity contribution >= 4 is 137 Å². The number of piperazine rings is 3. The third kappa shape index (κ3) is 12.0. The van der Waals surface area contributed by atoms with Crippen LogP contribution < -0.4 is 21.7 Å². The van der Waals surface area contributed by atoms with Crippen molar-refractivity contribution in [3.8, 4) is 44.5 Å². The van der Waals surface area contributed by atoms with E-state index in [-0.39, 0.29) is 97.7 Å². The summed E-state index contributed by atoms with van der Waals surface area (Å²) < 4.78 is 2.30. The quantitative estimate of drug-likeness (QED) is 0.0274. The molecule has 6 unspecified atom stereocenters. The first kappa shape index (κ1) is 81.4. The van der Waals surface area contributed by atoms with E-state index in [4.69, 9.17) is 5.73 Å². The minimum absolute atomic E-state index is 0.0133. The molecule has 26 nitrogen and oxygen atoms in total. The summed E-state index contributed by atoms with van der Waals surface area (Å²) in [5.74, 6) is -1.46. The fraction of sp³-hybridized carbons (Fsp3) is 0.323. The number of Topliss-reactive ketones (excluding diaryl/α,β-unsaturated/α-hetero) is 2. The van der Waals surface area contributed by atoms with Gasteiger partial charge in [0, 0.05) is 53.8 Å². The van der Waals surface area contributed by atoms with Gasteiger partial charge in [-0.1, -0.05) is 173 Å². The summed E-state index contributed by atoms with van der Waals surface area (Å²) >= 11 is 3.98. The zero-order valence-corrected chi connectivity index (χ0v) is 71.3. The molecule has 6 bridgehead atoms. The number of nitro groups is 3. The van der Waals surface area contributed by atoms with E-state index in [1.165, 1.54) is 12.1 Å². The van der Waals surface area contributed by atoms with E-state index in [1.54, 1.807) is 96.5 Å². The largest absolute Gasteiger partial charge is 0.618 e. The number of fused-ring (bicyclic) bond motifs is 6. The molecule has 13 aliphatic heterocycles. The molecule has 12 saturated heterocycles. The second kappa shape index (κ2) is 29.2. The number of ketones is 2. The number of amides is 6. The second-order valence-corrected chi connectivity index (χ2v) is 37.4. The van der Waals surface area contributed by atoms with Crippen molar-refractivity contribution in [1.29, 1.82) is 0 Å². The third-order valence-electron chi connectivity index (χ3n) is 28.0. The number of hydrogen-bond donors (Lipinski definition) is 4. The Bertz CT molecular complexity index is 5920. The SMILES string of the molecule is CC1(C)C(=O)C(I)=C[C@@]23NC(=O)C4(CCCN4C2=O)CC13.CC1(C)C(=O)C(c2cccc(-c3ccccc3)c2[N+](=O)[O-])=C[C@@]23NC(=O)C4(CCCN4C2=O)CC13.CC1(C)C2=[N+]([O-])c3c(cccc3-c3ccccc3)C2=C[C@@]23NC(=O)C4(CCCN4C2=O)CC13.Nc1cccc(-c2ccccc2)c1[N+](=O)[O-].O=[N+]([O-])c1c(I)cccc1-c1ccccc1. The van der Waals surface area contributed by atoms with Crippen LogP contribution in [0, 0.1) is 73.1 Å². The Kier molecular flexibility index (Phi) is 19.6. The molecule has 8 aromatic rings. The number of hydrogen-bond acceptors (Lipinski definition) is 16. The number of piperidine rings is 6. The predicted molar refractivity (Wildman–Crippen MR) is 470 cm³/mol. The molecule has 0 saturated carbocycles. The predicted octanol–water partition coefficient (Wildman–Crippen LogP) is 15.0. The lowest BCUT2D eigenvalue weighted by Gasteiger charge is -2.62. The van der Waals surface area contributed by atoms with Gasteiger partial charge in [-0.2, -0.15) is 4.74 Å². The average molecular weight is 1850 g/mol. The molecular weight excluding hydrogens is 1760 g/mol. The van der Waals surface area contributed by atoms with Crippen molar-refractivity contribution in [3.05, 3.63) is 266 Å². The van der Waals surface area contributed by atoms with E-state index in [0.717, 1.165) is 57.4 Å². The molecule has 24 rings (SSSR count). The number of nitrogen functional groups attached to an aromatic ring is 1. The fourth-order valence-electron chi connectivity index (χ4n) is 22.2. The van der Waals surface area contributed by atoms with Crippen LogP contribution in [0.25, 0.3) is 55.7 Å². The summed E-state index contributed by atoms with van der Waals surface area (Å²) in [4.78, 5) is 145. The van der Waals surface area contributed by atoms with Crippen LogP contribution in [0.2, 0.25) is 0 Å². The van der Waals surface area contributed by atoms with Gasteiger partial charge in [0.25, 0.3) is 34.8 Å². The van der Waals surface area contributed by atoms with Gasteiger partial charge >= 0.3 is 0 Å². The zero-order valence-electron chi connectivity index (χ0n) is 67.0. The number of nitro benzene ring substituents is 3. The average Bonchev–Trinajstić information content (AvgIpc) is 1.59. The molecule has 616 valence electrons. The number of allylic oxidation sites excluding steroid dienone is 3. The molecule has 12 fully saturated rings. The lowest BCUT2D eigenvalue weighted by Crippen LogP contribution is -2.83. The van der Waals surface area contributed by atoms with E-state index in [1.807, 2.05) is 191 Å². The smallest absolute Gasteiger partial charge is 0.299 e. The van der Waals surface area contributed by atoms with Crippen LogP contribution in [0.3, 0.4) is 0 Å². The highest BCUT2D eigenvalue weighted by atomic mass is 127. The van der Waals surface area contributed by atoms with Crippen LogP contribution in [0.1, 0.15) is 110 Å². The number of benzene rings is 8. The summed E-state index contributed by atoms with van der Waals surface area (Å²) in [5.41, 5.74) is 6.62. The third-order valence-corrected chi connectivity index (χ3v) is 29.6. The molecular formula is C93H85I2N11O15. The van der Waals surface area contributed by atoms with E-state index >= 15 is 0 Å². The molecule has 16 aliphatic rings. The molecule has 28 heteroatoms. The number of carbonyl (C=O) groups is 8. The van der Waals surface area contributed by atoms with E-state index in [2.05, 4.69) is 29.8 Å². The molecule has 5 N–H and O–H groups in total. The standard InChI is InChI=1S/C27H25N3O5.C27H25N3O3.C15H17IN2O3.C12H8INO2.C12H10N2O2/c1-25(2)20-15-26-12-7-13-29(26)24(33)27(20,28-23(26)32)14-19(22(25)31)18-11-6-10-17(21(18)30(34)35)16-8-4-3-5-9-16;1-25(2)20-15-26-12-7-13-29(26)24(32)27(20,28-23(26)31)14-19-18-11-6-10-17(16-8-4-3-5-9-16)21(18)30(33)22(19)25;1-13(2)9-7-14-4-3-5-18(14)12(21)15(9,17-11(14)20)6-8(16)10(13)19;2*13-11-8-4-7-10(12(11)14(15)16)9-5-2-1-3-6-9/h3-6,8-11,14,20H,7,12-13,15H2,1-2H3,(H,28,32);3-6,8-11,14,20H,7,12-13,15H2,1-2H3,(H,28,31);6,9H,3-5,7H2,1-2H3,(H,17,20);1-8H;1-8H,13H2/t2*20?,26?,27-;9?,14?,15-;;/m000../s1. The number of anilines is 1. The minimum Gasteiger partial charge on any atom is -0.618 e. The molecule has 0 radical (unpaired) electrons. The number of nitrogens with one attached hydrogen (secondary N) is 3. The van der Waals surface area contributed by atoms with Gasteiger partial charge in [-0.15, -0.1) is 0 Å². The molecule has 8 aromatic carbocycles. The van der Waals surface area contributed by atoms with E-state index in [0.29, 0.717) is 99.0 Å². The zero-order chi connectivity index (χ0) is 85.8. The highest BCUT2D eigenvalue weighted by molar-refractivity contribution is 14.1. The molecule has 3 aliphatic carbocycles. The topological polar surface area (TPSA) is 364 Å². The van der Waals surface area contributed by atoms with Gasteiger partial charge < -0.3 is 41.6 Å². The maximum absolute atomic E-state index is 13.9. The number of carbonyl (C=O) groups excluding carboxylic acids is 8. The van der Waals surface area contributed by atoms with E-state index in [9.17, 15) is 73.9 Å². The number of nitrogens with zero attached hydrogens (tertiary/aromatic N) is 7. The fourth-order valence-corrected chi connectivity index (χ4v) is 24.1. The van der Waals surface area contributed by atoms with Gasteiger partial charge in [0.1, 0.15) is 38.9 Å². The van der Waals surface area contributed by atoms with Gasteiger partial charge in [-0.25, -0.2) is 0 Å². The summed E-state index contributed by atoms with van der Waals surface area (Å²) in [5, 5.41) is 57.4. The molecule has 6 amide bonds. The van der Waals surface area contributed by atoms with Gasteiger partial charge in [-0.05, 0) is 206 Å². The monoisotopic (exact) mass is 1850 g/mol. The molecule has 0 aromatic heterocycles. The molecule has 13 heterocycles. The number of nitrogens with two attached hydrogens (primary N) is 1. The Balaban J connectivity index is 0.000000112. The Morgan fingerprint density at radius 3 is 1.17 bits per heavy atom. The van der Waals surface area contributed by atoms with Crippen molar-refractivity contribution in [2.45, 2.75) is 133 Å². The first-order valence-corrected chi connectivity index (χ1v) is 42.6. The molecule has 9 atom stereocenters. The van der Waals surface area contributed by atoms with Crippen molar-refractivity contribution < 1.29 is 57.9 Å². The van der Waals surface area contributed by atoms with Crippen molar-refractivity contribution in [2.75, 3.05) is 25.4 Å². The van der Waals surface area contributed by atoms with E-state index < -0.39 is 65.2 Å². The lowest BCUT2D eigenvalue weighted by atomic mass is 9.51. The Hall–Kier alpha value is -11.9. The minimum atomic E-state index is -1.40. The number of para-hydroxylation sites is 4. The first-order valence-electron chi connectivity index (χ1n) is 40.4. The van der Waals surface area contributed by atoms with Gasteiger partial charge in [0.15, 0.2) is 11.6 Å². The highest BCUT2D eigenvalue weighted by Gasteiger charge is 2.77. The highest BCUT2D eigenvalue weighted by Crippen LogP contribution is 2.64. The lowest BCUT2D eigenvalue weighted by molar-refractivity contribution is -0.385. The van der Waals surface area contributed by atoms with Gasteiger partial charge in [-0.3, -0.25) is 68.7 Å². The Morgan fingerprint density at radius 1 is 0.397 bits per heavy atom. The Labute approximate surface area is 723 Å². The number of rotatable bonds is 8. The van der Waals surface area contributed by atoms with Crippen LogP contribution in [0.15, 0.2) is 216 Å². The number of halogens is 2. The molecule has 6 spiro atoms. The van der Waals surface area contributed by atoms with Crippen LogP contribution >= 0.6 is 45.2 Å². The summed E-state index contributed by atoms with van der Waals surface area (Å²) in [7, 11) is 0. The summed E-state index contributed by atoms with van der Waals surface area (Å²) in [6, 6.07) is 58.5. The summed E-state index contributed by atoms with van der Waals surface area (Å²) in [6.07, 6.45) is 11.2. The van der Waals surface area contributed by atoms with Crippen molar-refractivity contribution in [2.24, 2.45) is 34.0 Å². The maximum Gasteiger partial charge on any atom is 0.299 e. The van der Waals surface area contributed by atoms with Crippen molar-refractivity contribution in [3.63, 3.8) is 0 Å². The summed E-state index contributed by atoms with van der Waals surface area (Å²) in [6.45, 7) is 13.3. The first-order chi connectivity index (χ1) is 57.6. The van der Waals surface area contributed by atoms with Gasteiger partial charge in [0.2, 0.25) is 29.1 Å². The molecule has 121 heavy (non-hydrogen) atoms. The van der Waals surface area contributed by atoms with Crippen LogP contribution in [0.5, 0.6) is 0 Å². The van der Waals surface area contributed by atoms with Crippen molar-refractivity contribution in [1.82, 2.24) is 30.7 Å². The maximum atomic E-state index is 13.9. The normalized spacial score (nSPS) is 27.9.